The van der Waals surface area contributed by atoms with Gasteiger partial charge in [0.2, 0.25) is 5.88 Å². The summed E-state index contributed by atoms with van der Waals surface area (Å²) < 4.78 is 7.25. The highest BCUT2D eigenvalue weighted by atomic mass is 32.1. The van der Waals surface area contributed by atoms with Crippen LogP contribution in [-0.2, 0) is 0 Å². The predicted octanol–water partition coefficient (Wildman–Crippen LogP) is 5.15. The summed E-state index contributed by atoms with van der Waals surface area (Å²) in [7, 11) is -1.58. The lowest BCUT2D eigenvalue weighted by atomic mass is 10.1. The van der Waals surface area contributed by atoms with Crippen molar-refractivity contribution in [2.45, 2.75) is 45.4 Å². The van der Waals surface area contributed by atoms with E-state index in [-0.39, 0.29) is 11.9 Å². The topological polar surface area (TPSA) is 92.3 Å². The standard InChI is InChI=1S/C30H34N6O2SSi/c1-19-18-31-27-26-21-7-8-24(33-23(21)9-10-25(26)39-28(27)29(37)32-19)22-17-20(11-16-40(2,3)4)34-35-30(22)38-15-14-36-12-5-6-13-36/h7-10,17,19,31H,5-6,12-15,18H2,1-4H3,(H,32,37)/t19-/m1/s1. The zero-order chi connectivity index (χ0) is 27.9. The van der Waals surface area contributed by atoms with Gasteiger partial charge in [-0.2, -0.15) is 0 Å². The minimum Gasteiger partial charge on any atom is -0.475 e. The summed E-state index contributed by atoms with van der Waals surface area (Å²) in [5.41, 5.74) is 7.29. The summed E-state index contributed by atoms with van der Waals surface area (Å²) in [6.45, 7) is 13.0. The molecule has 4 aromatic rings. The minimum absolute atomic E-state index is 0.0306. The number of thiophene rings is 1. The summed E-state index contributed by atoms with van der Waals surface area (Å²) in [4.78, 5) is 21.0. The Kier molecular flexibility index (Phi) is 7.21. The molecule has 0 radical (unpaired) electrons. The van der Waals surface area contributed by atoms with Crippen molar-refractivity contribution in [2.24, 2.45) is 0 Å². The molecule has 1 aromatic carbocycles. The molecule has 0 saturated carbocycles. The molecule has 2 aliphatic rings. The third kappa shape index (κ3) is 5.54. The number of benzene rings is 1. The Morgan fingerprint density at radius 1 is 1.15 bits per heavy atom. The van der Waals surface area contributed by atoms with Gasteiger partial charge in [0.15, 0.2) is 0 Å². The second kappa shape index (κ2) is 10.8. The number of nitrogens with one attached hydrogen (secondary N) is 2. The summed E-state index contributed by atoms with van der Waals surface area (Å²) in [6.07, 6.45) is 2.49. The summed E-state index contributed by atoms with van der Waals surface area (Å²) in [5.74, 6) is 3.67. The van der Waals surface area contributed by atoms with Gasteiger partial charge in [0.1, 0.15) is 25.3 Å². The first kappa shape index (κ1) is 26.7. The number of anilines is 1. The van der Waals surface area contributed by atoms with Crippen molar-refractivity contribution < 1.29 is 9.53 Å². The van der Waals surface area contributed by atoms with Gasteiger partial charge in [-0.25, -0.2) is 4.98 Å². The Bertz CT molecular complexity index is 1660. The van der Waals surface area contributed by atoms with E-state index in [1.165, 1.54) is 24.2 Å². The lowest BCUT2D eigenvalue weighted by Crippen LogP contribution is -2.34. The fraction of sp³-hybridized carbons (Fsp3) is 0.400. The molecule has 1 saturated heterocycles. The molecule has 2 aliphatic heterocycles. The molecule has 8 nitrogen and oxygen atoms in total. The van der Waals surface area contributed by atoms with Crippen molar-refractivity contribution in [2.75, 3.05) is 38.1 Å². The van der Waals surface area contributed by atoms with E-state index in [1.807, 2.05) is 25.1 Å². The van der Waals surface area contributed by atoms with Crippen LogP contribution in [0.2, 0.25) is 19.6 Å². The first-order chi connectivity index (χ1) is 19.2. The molecule has 1 fully saturated rings. The summed E-state index contributed by atoms with van der Waals surface area (Å²) >= 11 is 1.51. The van der Waals surface area contributed by atoms with Crippen LogP contribution in [0.25, 0.3) is 32.2 Å². The molecule has 10 heteroatoms. The molecule has 5 heterocycles. The Hall–Kier alpha value is -3.52. The van der Waals surface area contributed by atoms with E-state index in [0.717, 1.165) is 57.6 Å². The van der Waals surface area contributed by atoms with Gasteiger partial charge in [-0.05, 0) is 63.2 Å². The van der Waals surface area contributed by atoms with Crippen molar-refractivity contribution in [1.82, 2.24) is 25.4 Å². The number of pyridine rings is 1. The minimum atomic E-state index is -1.58. The van der Waals surface area contributed by atoms with Gasteiger partial charge in [-0.15, -0.1) is 27.1 Å². The van der Waals surface area contributed by atoms with E-state index >= 15 is 0 Å². The Morgan fingerprint density at radius 3 is 2.77 bits per heavy atom. The second-order valence-electron chi connectivity index (χ2n) is 11.6. The molecule has 1 atom stereocenters. The Morgan fingerprint density at radius 2 is 1.98 bits per heavy atom. The molecule has 0 spiro atoms. The van der Waals surface area contributed by atoms with Gasteiger partial charge in [-0.1, -0.05) is 25.6 Å². The van der Waals surface area contributed by atoms with Crippen LogP contribution in [0.1, 0.15) is 35.1 Å². The van der Waals surface area contributed by atoms with Crippen LogP contribution >= 0.6 is 11.3 Å². The van der Waals surface area contributed by atoms with Gasteiger partial charge in [0.25, 0.3) is 5.91 Å². The molecule has 206 valence electrons. The summed E-state index contributed by atoms with van der Waals surface area (Å²) in [5, 5.41) is 17.4. The van der Waals surface area contributed by atoms with E-state index in [4.69, 9.17) is 9.72 Å². The lowest BCUT2D eigenvalue weighted by Gasteiger charge is -2.16. The number of aromatic nitrogens is 3. The molecular formula is C30H34N6O2SSi. The number of amides is 1. The number of ether oxygens (including phenoxy) is 1. The largest absolute Gasteiger partial charge is 0.475 e. The van der Waals surface area contributed by atoms with Crippen LogP contribution < -0.4 is 15.4 Å². The predicted molar refractivity (Wildman–Crippen MR) is 165 cm³/mol. The van der Waals surface area contributed by atoms with Crippen molar-refractivity contribution >= 4 is 52.0 Å². The van der Waals surface area contributed by atoms with Gasteiger partial charge >= 0.3 is 0 Å². The van der Waals surface area contributed by atoms with E-state index in [0.29, 0.717) is 29.6 Å². The number of carbonyl (C=O) groups excluding carboxylic acids is 1. The zero-order valence-electron chi connectivity index (χ0n) is 23.4. The SMILES string of the molecule is C[C@@H]1CNc2c(sc3ccc4nc(-c5cc(C#C[Si](C)(C)C)nnc5OCCN5CCCC5)ccc4c23)C(=O)N1. The van der Waals surface area contributed by atoms with Crippen LogP contribution in [0.4, 0.5) is 5.69 Å². The molecule has 40 heavy (non-hydrogen) atoms. The second-order valence-corrected chi connectivity index (χ2v) is 17.4. The van der Waals surface area contributed by atoms with Crippen LogP contribution in [0.5, 0.6) is 5.88 Å². The first-order valence-corrected chi connectivity index (χ1v) is 18.2. The molecule has 0 aliphatic carbocycles. The molecule has 3 aromatic heterocycles. The Balaban J connectivity index is 1.40. The van der Waals surface area contributed by atoms with Crippen molar-refractivity contribution in [3.05, 3.63) is 40.9 Å². The van der Waals surface area contributed by atoms with Gasteiger partial charge in [0.05, 0.1) is 22.5 Å². The number of fused-ring (bicyclic) bond motifs is 5. The van der Waals surface area contributed by atoms with Crippen molar-refractivity contribution in [3.8, 4) is 28.6 Å². The maximum atomic E-state index is 12.8. The van der Waals surface area contributed by atoms with Gasteiger partial charge < -0.3 is 15.4 Å². The zero-order valence-corrected chi connectivity index (χ0v) is 25.2. The van der Waals surface area contributed by atoms with Crippen LogP contribution in [-0.4, -0.2) is 72.9 Å². The molecule has 0 unspecified atom stereocenters. The number of carbonyl (C=O) groups is 1. The fourth-order valence-electron chi connectivity index (χ4n) is 5.14. The highest BCUT2D eigenvalue weighted by Gasteiger charge is 2.25. The monoisotopic (exact) mass is 570 g/mol. The molecule has 2 N–H and O–H groups in total. The quantitative estimate of drug-likeness (QED) is 0.253. The van der Waals surface area contributed by atoms with Crippen LogP contribution in [0, 0.1) is 11.5 Å². The number of hydrogen-bond acceptors (Lipinski definition) is 8. The van der Waals surface area contributed by atoms with E-state index in [9.17, 15) is 4.79 Å². The summed E-state index contributed by atoms with van der Waals surface area (Å²) in [6, 6.07) is 10.2. The van der Waals surface area contributed by atoms with E-state index in [2.05, 4.69) is 69.0 Å². The highest BCUT2D eigenvalue weighted by molar-refractivity contribution is 7.21. The average Bonchev–Trinajstić information content (AvgIpc) is 3.55. The van der Waals surface area contributed by atoms with Crippen LogP contribution in [0.15, 0.2) is 30.3 Å². The van der Waals surface area contributed by atoms with E-state index in [1.54, 1.807) is 0 Å². The van der Waals surface area contributed by atoms with Crippen LogP contribution in [0.3, 0.4) is 0 Å². The van der Waals surface area contributed by atoms with Gasteiger partial charge in [-0.3, -0.25) is 9.69 Å². The maximum Gasteiger partial charge on any atom is 0.263 e. The third-order valence-corrected chi connectivity index (χ3v) is 9.17. The molecule has 0 bridgehead atoms. The molecular weight excluding hydrogens is 537 g/mol. The number of rotatable bonds is 5. The fourth-order valence-corrected chi connectivity index (χ4v) is 6.74. The number of hydrogen-bond donors (Lipinski definition) is 2. The Labute approximate surface area is 239 Å². The molecule has 1 amide bonds. The number of nitrogens with zero attached hydrogens (tertiary/aromatic N) is 4. The van der Waals surface area contributed by atoms with Crippen molar-refractivity contribution in [1.29, 1.82) is 0 Å². The smallest absolute Gasteiger partial charge is 0.263 e. The highest BCUT2D eigenvalue weighted by Crippen LogP contribution is 2.41. The average molecular weight is 571 g/mol. The van der Waals surface area contributed by atoms with Crippen molar-refractivity contribution in [3.63, 3.8) is 0 Å². The number of likely N-dealkylation sites (tertiary alicyclic amines) is 1. The normalized spacial score (nSPS) is 17.6. The van der Waals surface area contributed by atoms with Gasteiger partial charge in [0, 0.05) is 34.6 Å². The third-order valence-electron chi connectivity index (χ3n) is 7.14. The molecule has 6 rings (SSSR count). The van der Waals surface area contributed by atoms with E-state index < -0.39 is 8.07 Å². The maximum absolute atomic E-state index is 12.8. The lowest BCUT2D eigenvalue weighted by molar-refractivity contribution is 0.0949. The first-order valence-electron chi connectivity index (χ1n) is 13.9.